The zero-order valence-electron chi connectivity index (χ0n) is 8.97. The SMILES string of the molecule is CNc1ncnc(NCC(C)O)c1[N+](=O)[O-]. The van der Waals surface area contributed by atoms with Crippen LogP contribution in [0.25, 0.3) is 0 Å². The standard InChI is InChI=1S/C8H13N5O3/c1-5(14)3-10-8-6(13(15)16)7(9-2)11-4-12-8/h4-5,14H,3H2,1-2H3,(H2,9,10,11,12). The number of hydrogen-bond donors (Lipinski definition) is 3. The van der Waals surface area contributed by atoms with E-state index in [1.54, 1.807) is 6.92 Å². The molecule has 1 heterocycles. The highest BCUT2D eigenvalue weighted by Gasteiger charge is 2.21. The normalized spacial score (nSPS) is 11.9. The number of aromatic nitrogens is 2. The van der Waals surface area contributed by atoms with Crippen LogP contribution in [0.4, 0.5) is 17.3 Å². The summed E-state index contributed by atoms with van der Waals surface area (Å²) >= 11 is 0. The van der Waals surface area contributed by atoms with Crippen molar-refractivity contribution < 1.29 is 10.0 Å². The Hall–Kier alpha value is -1.96. The molecule has 8 nitrogen and oxygen atoms in total. The van der Waals surface area contributed by atoms with E-state index in [-0.39, 0.29) is 23.9 Å². The summed E-state index contributed by atoms with van der Waals surface area (Å²) < 4.78 is 0. The number of hydrogen-bond acceptors (Lipinski definition) is 7. The van der Waals surface area contributed by atoms with Gasteiger partial charge >= 0.3 is 5.69 Å². The minimum absolute atomic E-state index is 0.0882. The second-order valence-corrected chi connectivity index (χ2v) is 3.16. The Balaban J connectivity index is 3.02. The number of aliphatic hydroxyl groups is 1. The molecule has 0 aliphatic carbocycles. The Morgan fingerprint density at radius 2 is 2.19 bits per heavy atom. The van der Waals surface area contributed by atoms with E-state index < -0.39 is 11.0 Å². The maximum atomic E-state index is 10.8. The molecule has 0 aliphatic heterocycles. The zero-order chi connectivity index (χ0) is 12.1. The van der Waals surface area contributed by atoms with Crippen molar-refractivity contribution in [1.82, 2.24) is 9.97 Å². The molecule has 1 aromatic heterocycles. The van der Waals surface area contributed by atoms with E-state index in [0.717, 1.165) is 0 Å². The van der Waals surface area contributed by atoms with E-state index in [1.807, 2.05) is 0 Å². The first-order valence-corrected chi connectivity index (χ1v) is 4.65. The van der Waals surface area contributed by atoms with Crippen LogP contribution in [-0.4, -0.2) is 39.7 Å². The molecule has 1 unspecified atom stereocenters. The van der Waals surface area contributed by atoms with Crippen molar-refractivity contribution in [2.45, 2.75) is 13.0 Å². The Morgan fingerprint density at radius 1 is 1.56 bits per heavy atom. The van der Waals surface area contributed by atoms with Crippen LogP contribution in [0, 0.1) is 10.1 Å². The topological polar surface area (TPSA) is 113 Å². The lowest BCUT2D eigenvalue weighted by Gasteiger charge is -2.09. The summed E-state index contributed by atoms with van der Waals surface area (Å²) in [5, 5.41) is 25.2. The average molecular weight is 227 g/mol. The lowest BCUT2D eigenvalue weighted by atomic mass is 10.3. The monoisotopic (exact) mass is 227 g/mol. The number of nitrogens with zero attached hydrogens (tertiary/aromatic N) is 3. The third-order valence-electron chi connectivity index (χ3n) is 1.81. The van der Waals surface area contributed by atoms with Gasteiger partial charge < -0.3 is 15.7 Å². The van der Waals surface area contributed by atoms with Crippen LogP contribution in [0.1, 0.15) is 6.92 Å². The van der Waals surface area contributed by atoms with Gasteiger partial charge in [0.25, 0.3) is 0 Å². The summed E-state index contributed by atoms with van der Waals surface area (Å²) in [5.41, 5.74) is -0.231. The minimum Gasteiger partial charge on any atom is -0.392 e. The fourth-order valence-corrected chi connectivity index (χ4v) is 1.11. The van der Waals surface area contributed by atoms with E-state index >= 15 is 0 Å². The van der Waals surface area contributed by atoms with Crippen LogP contribution < -0.4 is 10.6 Å². The Morgan fingerprint density at radius 3 is 2.69 bits per heavy atom. The highest BCUT2D eigenvalue weighted by atomic mass is 16.6. The van der Waals surface area contributed by atoms with Crippen LogP contribution in [-0.2, 0) is 0 Å². The molecule has 8 heteroatoms. The smallest absolute Gasteiger partial charge is 0.353 e. The molecular weight excluding hydrogens is 214 g/mol. The lowest BCUT2D eigenvalue weighted by Crippen LogP contribution is -2.17. The highest BCUT2D eigenvalue weighted by molar-refractivity contribution is 5.68. The summed E-state index contributed by atoms with van der Waals surface area (Å²) in [4.78, 5) is 17.8. The quantitative estimate of drug-likeness (QED) is 0.487. The molecule has 1 atom stereocenters. The molecular formula is C8H13N5O3. The largest absolute Gasteiger partial charge is 0.392 e. The third-order valence-corrected chi connectivity index (χ3v) is 1.81. The summed E-state index contributed by atoms with van der Waals surface area (Å²) in [5.74, 6) is 0.221. The number of nitrogens with one attached hydrogen (secondary N) is 2. The second kappa shape index (κ2) is 5.21. The minimum atomic E-state index is -0.618. The van der Waals surface area contributed by atoms with Crippen LogP contribution in [0.15, 0.2) is 6.33 Å². The van der Waals surface area contributed by atoms with Crippen molar-refractivity contribution in [2.24, 2.45) is 0 Å². The molecule has 0 saturated heterocycles. The Kier molecular flexibility index (Phi) is 3.95. The Labute approximate surface area is 91.9 Å². The summed E-state index contributed by atoms with van der Waals surface area (Å²) in [7, 11) is 1.54. The van der Waals surface area contributed by atoms with Crippen molar-refractivity contribution >= 4 is 17.3 Å². The molecule has 1 rings (SSSR count). The van der Waals surface area contributed by atoms with Gasteiger partial charge in [-0.1, -0.05) is 0 Å². The lowest BCUT2D eigenvalue weighted by molar-refractivity contribution is -0.383. The van der Waals surface area contributed by atoms with Gasteiger partial charge in [0.15, 0.2) is 0 Å². The van der Waals surface area contributed by atoms with E-state index in [9.17, 15) is 10.1 Å². The molecule has 0 aliphatic rings. The predicted molar refractivity (Wildman–Crippen MR) is 58.4 cm³/mol. The molecule has 88 valence electrons. The molecule has 0 spiro atoms. The van der Waals surface area contributed by atoms with Gasteiger partial charge in [-0.2, -0.15) is 0 Å². The fourth-order valence-electron chi connectivity index (χ4n) is 1.11. The van der Waals surface area contributed by atoms with Crippen molar-refractivity contribution in [1.29, 1.82) is 0 Å². The highest BCUT2D eigenvalue weighted by Crippen LogP contribution is 2.27. The van der Waals surface area contributed by atoms with E-state index in [2.05, 4.69) is 20.6 Å². The fraction of sp³-hybridized carbons (Fsp3) is 0.500. The van der Waals surface area contributed by atoms with Crippen molar-refractivity contribution in [3.05, 3.63) is 16.4 Å². The molecule has 1 aromatic rings. The first kappa shape index (κ1) is 12.1. The molecule has 3 N–H and O–H groups in total. The van der Waals surface area contributed by atoms with Gasteiger partial charge in [0.05, 0.1) is 11.0 Å². The van der Waals surface area contributed by atoms with Crippen LogP contribution in [0.3, 0.4) is 0 Å². The maximum Gasteiger partial charge on any atom is 0.353 e. The average Bonchev–Trinajstić information content (AvgIpc) is 2.25. The summed E-state index contributed by atoms with van der Waals surface area (Å²) in [6, 6.07) is 0. The van der Waals surface area contributed by atoms with Gasteiger partial charge in [-0.05, 0) is 6.92 Å². The molecule has 0 amide bonds. The first-order chi connectivity index (χ1) is 7.56. The van der Waals surface area contributed by atoms with Crippen LogP contribution in [0.5, 0.6) is 0 Å². The first-order valence-electron chi connectivity index (χ1n) is 4.65. The number of anilines is 2. The van der Waals surface area contributed by atoms with E-state index in [1.165, 1.54) is 13.4 Å². The summed E-state index contributed by atoms with van der Waals surface area (Å²) in [6.45, 7) is 1.75. The zero-order valence-corrected chi connectivity index (χ0v) is 8.97. The van der Waals surface area contributed by atoms with Gasteiger partial charge in [0.2, 0.25) is 11.6 Å². The van der Waals surface area contributed by atoms with E-state index in [4.69, 9.17) is 5.11 Å². The number of rotatable bonds is 5. The van der Waals surface area contributed by atoms with Crippen LogP contribution >= 0.6 is 0 Å². The van der Waals surface area contributed by atoms with Gasteiger partial charge in [-0.3, -0.25) is 10.1 Å². The molecule has 16 heavy (non-hydrogen) atoms. The molecule has 0 radical (unpaired) electrons. The summed E-state index contributed by atoms with van der Waals surface area (Å²) in [6.07, 6.45) is 0.594. The van der Waals surface area contributed by atoms with Gasteiger partial charge in [-0.25, -0.2) is 9.97 Å². The molecule has 0 saturated carbocycles. The van der Waals surface area contributed by atoms with Gasteiger partial charge in [0, 0.05) is 13.6 Å². The van der Waals surface area contributed by atoms with Crippen molar-refractivity contribution in [3.8, 4) is 0 Å². The number of nitro groups is 1. The second-order valence-electron chi connectivity index (χ2n) is 3.16. The molecule has 0 bridgehead atoms. The predicted octanol–water partition coefficient (Wildman–Crippen LogP) is 0.219. The third kappa shape index (κ3) is 2.76. The Bertz CT molecular complexity index is 382. The van der Waals surface area contributed by atoms with E-state index in [0.29, 0.717) is 0 Å². The maximum absolute atomic E-state index is 10.8. The van der Waals surface area contributed by atoms with Crippen LogP contribution in [0.2, 0.25) is 0 Å². The van der Waals surface area contributed by atoms with Crippen molar-refractivity contribution in [3.63, 3.8) is 0 Å². The molecule has 0 aromatic carbocycles. The van der Waals surface area contributed by atoms with Crippen molar-refractivity contribution in [2.75, 3.05) is 24.2 Å². The van der Waals surface area contributed by atoms with Gasteiger partial charge in [0.1, 0.15) is 6.33 Å². The number of aliphatic hydroxyl groups excluding tert-OH is 1. The molecule has 0 fully saturated rings. The van der Waals surface area contributed by atoms with Gasteiger partial charge in [-0.15, -0.1) is 0 Å².